The largest absolute Gasteiger partial charge is 0.396 e. The highest BCUT2D eigenvalue weighted by Crippen LogP contribution is 2.32. The quantitative estimate of drug-likeness (QED) is 0.708. The Balaban J connectivity index is 1.89. The van der Waals surface area contributed by atoms with E-state index in [0.717, 1.165) is 45.3 Å². The molecular weight excluding hydrogens is 228 g/mol. The summed E-state index contributed by atoms with van der Waals surface area (Å²) in [5.74, 6) is 0.339. The maximum atomic E-state index is 12.4. The monoisotopic (exact) mass is 254 g/mol. The van der Waals surface area contributed by atoms with Gasteiger partial charge in [-0.05, 0) is 38.6 Å². The SMILES string of the molecule is CCCCN(CCCO)C1CCN(C2CC2)C1=O. The first-order chi connectivity index (χ1) is 8.77. The summed E-state index contributed by atoms with van der Waals surface area (Å²) in [7, 11) is 0. The molecule has 2 aliphatic rings. The molecule has 104 valence electrons. The van der Waals surface area contributed by atoms with Crippen molar-refractivity contribution in [3.63, 3.8) is 0 Å². The number of rotatable bonds is 8. The number of nitrogens with zero attached hydrogens (tertiary/aromatic N) is 2. The van der Waals surface area contributed by atoms with Gasteiger partial charge in [0.2, 0.25) is 5.91 Å². The molecule has 2 fully saturated rings. The van der Waals surface area contributed by atoms with Gasteiger partial charge in [-0.3, -0.25) is 9.69 Å². The molecule has 1 N–H and O–H groups in total. The Labute approximate surface area is 110 Å². The van der Waals surface area contributed by atoms with E-state index in [1.54, 1.807) is 0 Å². The summed E-state index contributed by atoms with van der Waals surface area (Å²) in [6, 6.07) is 0.636. The summed E-state index contributed by atoms with van der Waals surface area (Å²) in [6.07, 6.45) is 6.44. The third-order valence-corrected chi connectivity index (χ3v) is 4.04. The average Bonchev–Trinajstić information content (AvgIpc) is 3.14. The Morgan fingerprint density at radius 1 is 1.28 bits per heavy atom. The molecule has 1 aliphatic heterocycles. The molecule has 1 aliphatic carbocycles. The summed E-state index contributed by atoms with van der Waals surface area (Å²) >= 11 is 0. The van der Waals surface area contributed by atoms with Crippen molar-refractivity contribution >= 4 is 5.91 Å². The van der Waals surface area contributed by atoms with E-state index < -0.39 is 0 Å². The summed E-state index contributed by atoms with van der Waals surface area (Å²) in [6.45, 7) is 5.18. The van der Waals surface area contributed by atoms with Crippen LogP contribution in [0.3, 0.4) is 0 Å². The van der Waals surface area contributed by atoms with E-state index in [-0.39, 0.29) is 12.6 Å². The molecule has 2 rings (SSSR count). The predicted molar refractivity (Wildman–Crippen MR) is 71.3 cm³/mol. The number of aliphatic hydroxyl groups excluding tert-OH is 1. The van der Waals surface area contributed by atoms with E-state index in [2.05, 4.69) is 16.7 Å². The van der Waals surface area contributed by atoms with Crippen LogP contribution in [0.1, 0.15) is 45.4 Å². The molecule has 1 saturated carbocycles. The zero-order valence-corrected chi connectivity index (χ0v) is 11.5. The Morgan fingerprint density at radius 2 is 2.00 bits per heavy atom. The zero-order valence-electron chi connectivity index (χ0n) is 11.5. The van der Waals surface area contributed by atoms with Crippen LogP contribution in [0.4, 0.5) is 0 Å². The van der Waals surface area contributed by atoms with Crippen LogP contribution in [0.15, 0.2) is 0 Å². The molecule has 1 atom stereocenters. The minimum Gasteiger partial charge on any atom is -0.396 e. The Morgan fingerprint density at radius 3 is 2.61 bits per heavy atom. The number of carbonyl (C=O) groups is 1. The second kappa shape index (κ2) is 6.53. The number of hydrogen-bond donors (Lipinski definition) is 1. The van der Waals surface area contributed by atoms with Gasteiger partial charge in [0.25, 0.3) is 0 Å². The molecule has 18 heavy (non-hydrogen) atoms. The molecule has 4 heteroatoms. The Kier molecular flexibility index (Phi) is 5.01. The molecule has 1 heterocycles. The van der Waals surface area contributed by atoms with Crippen LogP contribution in [0.2, 0.25) is 0 Å². The predicted octanol–water partition coefficient (Wildman–Crippen LogP) is 1.23. The molecule has 4 nitrogen and oxygen atoms in total. The molecule has 0 radical (unpaired) electrons. The van der Waals surface area contributed by atoms with Crippen molar-refractivity contribution in [1.29, 1.82) is 0 Å². The number of amides is 1. The zero-order chi connectivity index (χ0) is 13.0. The fourth-order valence-electron chi connectivity index (χ4n) is 2.83. The highest BCUT2D eigenvalue weighted by molar-refractivity contribution is 5.84. The topological polar surface area (TPSA) is 43.8 Å². The summed E-state index contributed by atoms with van der Waals surface area (Å²) in [5, 5.41) is 8.98. The number of hydrogen-bond acceptors (Lipinski definition) is 3. The molecule has 0 bridgehead atoms. The van der Waals surface area contributed by atoms with Crippen LogP contribution in [0.5, 0.6) is 0 Å². The lowest BCUT2D eigenvalue weighted by Gasteiger charge is -2.27. The van der Waals surface area contributed by atoms with Crippen molar-refractivity contribution in [3.05, 3.63) is 0 Å². The summed E-state index contributed by atoms with van der Waals surface area (Å²) in [5.41, 5.74) is 0. The van der Waals surface area contributed by atoms with Gasteiger partial charge in [0.15, 0.2) is 0 Å². The van der Waals surface area contributed by atoms with E-state index in [0.29, 0.717) is 11.9 Å². The maximum Gasteiger partial charge on any atom is 0.240 e. The lowest BCUT2D eigenvalue weighted by molar-refractivity contribution is -0.132. The van der Waals surface area contributed by atoms with E-state index >= 15 is 0 Å². The molecule has 0 spiro atoms. The molecule has 0 aromatic rings. The number of unbranched alkanes of at least 4 members (excludes halogenated alkanes) is 1. The molecule has 1 unspecified atom stereocenters. The third-order valence-electron chi connectivity index (χ3n) is 4.04. The standard InChI is InChI=1S/C14H26N2O2/c1-2-3-8-15(9-4-11-17)13-7-10-16(14(13)18)12-5-6-12/h12-13,17H,2-11H2,1H3. The minimum atomic E-state index is 0.0868. The lowest BCUT2D eigenvalue weighted by Crippen LogP contribution is -2.43. The van der Waals surface area contributed by atoms with Crippen molar-refractivity contribution in [1.82, 2.24) is 9.80 Å². The van der Waals surface area contributed by atoms with Gasteiger partial charge in [-0.2, -0.15) is 0 Å². The van der Waals surface area contributed by atoms with Crippen molar-refractivity contribution in [2.75, 3.05) is 26.2 Å². The first-order valence-electron chi connectivity index (χ1n) is 7.43. The van der Waals surface area contributed by atoms with Crippen LogP contribution < -0.4 is 0 Å². The van der Waals surface area contributed by atoms with Gasteiger partial charge < -0.3 is 10.0 Å². The molecule has 0 aromatic carbocycles. The van der Waals surface area contributed by atoms with E-state index in [1.165, 1.54) is 12.8 Å². The maximum absolute atomic E-state index is 12.4. The highest BCUT2D eigenvalue weighted by atomic mass is 16.3. The third kappa shape index (κ3) is 3.23. The molecule has 1 amide bonds. The summed E-state index contributed by atoms with van der Waals surface area (Å²) < 4.78 is 0. The smallest absolute Gasteiger partial charge is 0.240 e. The van der Waals surface area contributed by atoms with Gasteiger partial charge in [0.05, 0.1) is 6.04 Å². The molecular formula is C14H26N2O2. The number of likely N-dealkylation sites (tertiary alicyclic amines) is 1. The van der Waals surface area contributed by atoms with Gasteiger partial charge in [0.1, 0.15) is 0 Å². The van der Waals surface area contributed by atoms with Crippen molar-refractivity contribution in [3.8, 4) is 0 Å². The first-order valence-corrected chi connectivity index (χ1v) is 7.43. The first kappa shape index (κ1) is 13.8. The fourth-order valence-corrected chi connectivity index (χ4v) is 2.83. The van der Waals surface area contributed by atoms with Crippen LogP contribution in [0.25, 0.3) is 0 Å². The Bertz CT molecular complexity index is 271. The van der Waals surface area contributed by atoms with Gasteiger partial charge in [-0.15, -0.1) is 0 Å². The molecule has 0 aromatic heterocycles. The molecule has 1 saturated heterocycles. The van der Waals surface area contributed by atoms with Crippen LogP contribution in [-0.2, 0) is 4.79 Å². The summed E-state index contributed by atoms with van der Waals surface area (Å²) in [4.78, 5) is 16.8. The van der Waals surface area contributed by atoms with Crippen molar-refractivity contribution < 1.29 is 9.90 Å². The van der Waals surface area contributed by atoms with Crippen LogP contribution in [-0.4, -0.2) is 59.1 Å². The van der Waals surface area contributed by atoms with Crippen molar-refractivity contribution in [2.45, 2.75) is 57.5 Å². The second-order valence-electron chi connectivity index (χ2n) is 5.53. The van der Waals surface area contributed by atoms with Crippen molar-refractivity contribution in [2.24, 2.45) is 0 Å². The van der Waals surface area contributed by atoms with Gasteiger partial charge in [0, 0.05) is 25.7 Å². The average molecular weight is 254 g/mol. The Hall–Kier alpha value is -0.610. The number of aliphatic hydroxyl groups is 1. The normalized spacial score (nSPS) is 24.3. The number of carbonyl (C=O) groups excluding carboxylic acids is 1. The van der Waals surface area contributed by atoms with Crippen LogP contribution >= 0.6 is 0 Å². The van der Waals surface area contributed by atoms with E-state index in [9.17, 15) is 4.79 Å². The van der Waals surface area contributed by atoms with Gasteiger partial charge in [-0.1, -0.05) is 13.3 Å². The fraction of sp³-hybridized carbons (Fsp3) is 0.929. The van der Waals surface area contributed by atoms with Crippen LogP contribution in [0, 0.1) is 0 Å². The lowest BCUT2D eigenvalue weighted by atomic mass is 10.1. The van der Waals surface area contributed by atoms with E-state index in [4.69, 9.17) is 5.11 Å². The highest BCUT2D eigenvalue weighted by Gasteiger charge is 2.42. The minimum absolute atomic E-state index is 0.0868. The van der Waals surface area contributed by atoms with Gasteiger partial charge in [-0.25, -0.2) is 0 Å². The van der Waals surface area contributed by atoms with E-state index in [1.807, 2.05) is 0 Å². The second-order valence-corrected chi connectivity index (χ2v) is 5.53. The van der Waals surface area contributed by atoms with Gasteiger partial charge >= 0.3 is 0 Å².